The molecule has 1 fully saturated rings. The van der Waals surface area contributed by atoms with Gasteiger partial charge in [0.2, 0.25) is 0 Å². The van der Waals surface area contributed by atoms with E-state index in [9.17, 15) is 13.6 Å². The molecule has 170 valence electrons. The van der Waals surface area contributed by atoms with E-state index >= 15 is 0 Å². The summed E-state index contributed by atoms with van der Waals surface area (Å²) in [6, 6.07) is 9.69. The van der Waals surface area contributed by atoms with Gasteiger partial charge < -0.3 is 18.9 Å². The van der Waals surface area contributed by atoms with Crippen LogP contribution in [-0.2, 0) is 11.8 Å². The van der Waals surface area contributed by atoms with E-state index in [-0.39, 0.29) is 18.3 Å². The number of hydrogen-bond acceptors (Lipinski definition) is 5. The minimum atomic E-state index is -2.92. The molecule has 8 nitrogen and oxygen atoms in total. The van der Waals surface area contributed by atoms with Gasteiger partial charge in [0.05, 0.1) is 36.7 Å². The first-order valence-electron chi connectivity index (χ1n) is 10.4. The Kier molecular flexibility index (Phi) is 5.51. The summed E-state index contributed by atoms with van der Waals surface area (Å²) in [5, 5.41) is 7.46. The summed E-state index contributed by atoms with van der Waals surface area (Å²) >= 11 is 0. The van der Waals surface area contributed by atoms with E-state index in [0.717, 1.165) is 16.6 Å². The molecular formula is C23H21F2N5O3. The lowest BCUT2D eigenvalue weighted by Crippen LogP contribution is -2.43. The van der Waals surface area contributed by atoms with E-state index in [1.807, 2.05) is 23.7 Å². The number of rotatable bonds is 5. The number of benzene rings is 1. The second kappa shape index (κ2) is 8.62. The molecule has 0 radical (unpaired) electrons. The number of halogens is 2. The maximum atomic E-state index is 13.7. The zero-order valence-electron chi connectivity index (χ0n) is 17.7. The fourth-order valence-electron chi connectivity index (χ4n) is 4.15. The predicted octanol–water partition coefficient (Wildman–Crippen LogP) is 3.78. The zero-order valence-corrected chi connectivity index (χ0v) is 17.7. The van der Waals surface area contributed by atoms with Gasteiger partial charge in [-0.3, -0.25) is 9.89 Å². The van der Waals surface area contributed by atoms with Gasteiger partial charge in [-0.25, -0.2) is 4.98 Å². The average molecular weight is 453 g/mol. The summed E-state index contributed by atoms with van der Waals surface area (Å²) in [7, 11) is 1.84. The number of fused-ring (bicyclic) bond motifs is 1. The van der Waals surface area contributed by atoms with Crippen LogP contribution in [0.4, 0.5) is 8.78 Å². The Morgan fingerprint density at radius 1 is 1.30 bits per heavy atom. The highest BCUT2D eigenvalue weighted by atomic mass is 19.3. The lowest BCUT2D eigenvalue weighted by atomic mass is 10.0. The van der Waals surface area contributed by atoms with Gasteiger partial charge in [-0.2, -0.15) is 13.9 Å². The number of aromatic nitrogens is 4. The van der Waals surface area contributed by atoms with Crippen LogP contribution in [0.1, 0.15) is 22.0 Å². The summed E-state index contributed by atoms with van der Waals surface area (Å²) in [5.74, 6) is -0.131. The largest absolute Gasteiger partial charge is 0.435 e. The van der Waals surface area contributed by atoms with Gasteiger partial charge in [-0.1, -0.05) is 12.1 Å². The van der Waals surface area contributed by atoms with E-state index in [1.54, 1.807) is 35.6 Å². The standard InChI is InChI=1S/C23H21F2N5O3/c1-29-12-18(17-5-6-19(28-21(17)29)15-10-26-27-11-15)22(31)30-7-8-32-13-20(30)14-3-2-4-16(9-14)33-23(24)25/h2-6,9-12,20,23H,7-8,13H2,1H3,(H,26,27)/t20-/m1/s1. The zero-order chi connectivity index (χ0) is 22.9. The molecule has 4 heterocycles. The quantitative estimate of drug-likeness (QED) is 0.497. The fourth-order valence-corrected chi connectivity index (χ4v) is 4.15. The maximum Gasteiger partial charge on any atom is 0.387 e. The third kappa shape index (κ3) is 4.05. The van der Waals surface area contributed by atoms with Crippen LogP contribution in [0, 0.1) is 0 Å². The molecule has 1 aliphatic rings. The first-order valence-corrected chi connectivity index (χ1v) is 10.4. The summed E-state index contributed by atoms with van der Waals surface area (Å²) in [6.45, 7) is -1.89. The van der Waals surface area contributed by atoms with Crippen LogP contribution in [0.25, 0.3) is 22.3 Å². The van der Waals surface area contributed by atoms with Crippen LogP contribution in [-0.4, -0.2) is 56.9 Å². The van der Waals surface area contributed by atoms with Crippen LogP contribution in [0.3, 0.4) is 0 Å². The van der Waals surface area contributed by atoms with Crippen molar-refractivity contribution < 1.29 is 23.0 Å². The predicted molar refractivity (Wildman–Crippen MR) is 116 cm³/mol. The number of H-pyrrole nitrogens is 1. The van der Waals surface area contributed by atoms with Crippen molar-refractivity contribution in [3.8, 4) is 17.0 Å². The van der Waals surface area contributed by atoms with Crippen molar-refractivity contribution in [1.82, 2.24) is 24.6 Å². The Morgan fingerprint density at radius 2 is 2.18 bits per heavy atom. The number of amides is 1. The molecule has 10 heteroatoms. The fraction of sp³-hybridized carbons (Fsp3) is 0.261. The molecule has 33 heavy (non-hydrogen) atoms. The van der Waals surface area contributed by atoms with E-state index in [2.05, 4.69) is 14.9 Å². The van der Waals surface area contributed by atoms with Crippen LogP contribution in [0.5, 0.6) is 5.75 Å². The van der Waals surface area contributed by atoms with Crippen molar-refractivity contribution in [2.75, 3.05) is 19.8 Å². The van der Waals surface area contributed by atoms with Crippen LogP contribution in [0.2, 0.25) is 0 Å². The highest BCUT2D eigenvalue weighted by Crippen LogP contribution is 2.31. The third-order valence-corrected chi connectivity index (χ3v) is 5.70. The first kappa shape index (κ1) is 21.1. The van der Waals surface area contributed by atoms with Crippen molar-refractivity contribution in [2.24, 2.45) is 7.05 Å². The molecule has 1 aromatic carbocycles. The second-order valence-electron chi connectivity index (χ2n) is 7.75. The molecule has 4 aromatic rings. The second-order valence-corrected chi connectivity index (χ2v) is 7.75. The van der Waals surface area contributed by atoms with E-state index in [4.69, 9.17) is 9.72 Å². The van der Waals surface area contributed by atoms with Crippen LogP contribution in [0.15, 0.2) is 55.0 Å². The number of carbonyl (C=O) groups is 1. The molecule has 3 aromatic heterocycles. The van der Waals surface area contributed by atoms with Crippen molar-refractivity contribution in [3.05, 3.63) is 66.1 Å². The Bertz CT molecular complexity index is 1290. The van der Waals surface area contributed by atoms with Gasteiger partial charge in [0, 0.05) is 36.9 Å². The molecule has 1 amide bonds. The van der Waals surface area contributed by atoms with Gasteiger partial charge in [-0.05, 0) is 29.8 Å². The van der Waals surface area contributed by atoms with E-state index < -0.39 is 12.7 Å². The monoisotopic (exact) mass is 453 g/mol. The van der Waals surface area contributed by atoms with Crippen molar-refractivity contribution in [2.45, 2.75) is 12.7 Å². The number of nitrogens with one attached hydrogen (secondary N) is 1. The number of aromatic amines is 1. The third-order valence-electron chi connectivity index (χ3n) is 5.70. The van der Waals surface area contributed by atoms with Gasteiger partial charge in [0.1, 0.15) is 11.4 Å². The number of alkyl halides is 2. The summed E-state index contributed by atoms with van der Waals surface area (Å²) < 4.78 is 37.3. The van der Waals surface area contributed by atoms with Gasteiger partial charge >= 0.3 is 6.61 Å². The van der Waals surface area contributed by atoms with Crippen molar-refractivity contribution >= 4 is 16.9 Å². The number of aryl methyl sites for hydroxylation is 1. The number of nitrogens with zero attached hydrogens (tertiary/aromatic N) is 4. The number of carbonyl (C=O) groups excluding carboxylic acids is 1. The number of morpholine rings is 1. The Balaban J connectivity index is 1.49. The first-order chi connectivity index (χ1) is 16.0. The Morgan fingerprint density at radius 3 is 2.97 bits per heavy atom. The summed E-state index contributed by atoms with van der Waals surface area (Å²) in [6.07, 6.45) is 5.21. The Labute approximate surface area is 187 Å². The summed E-state index contributed by atoms with van der Waals surface area (Å²) in [4.78, 5) is 20.1. The number of hydrogen-bond donors (Lipinski definition) is 1. The lowest BCUT2D eigenvalue weighted by Gasteiger charge is -2.36. The highest BCUT2D eigenvalue weighted by Gasteiger charge is 2.31. The van der Waals surface area contributed by atoms with Crippen molar-refractivity contribution in [3.63, 3.8) is 0 Å². The summed E-state index contributed by atoms with van der Waals surface area (Å²) in [5.41, 5.74) is 3.46. The molecule has 0 spiro atoms. The van der Waals surface area contributed by atoms with Crippen molar-refractivity contribution in [1.29, 1.82) is 0 Å². The normalized spacial score (nSPS) is 16.5. The molecule has 0 bridgehead atoms. The molecule has 0 aliphatic carbocycles. The molecule has 1 aliphatic heterocycles. The van der Waals surface area contributed by atoms with E-state index in [1.165, 1.54) is 12.1 Å². The maximum absolute atomic E-state index is 13.7. The number of pyridine rings is 1. The van der Waals surface area contributed by atoms with Gasteiger partial charge in [-0.15, -0.1) is 0 Å². The number of ether oxygens (including phenoxy) is 2. The lowest BCUT2D eigenvalue weighted by molar-refractivity contribution is -0.0501. The molecule has 1 saturated heterocycles. The van der Waals surface area contributed by atoms with Crippen LogP contribution >= 0.6 is 0 Å². The topological polar surface area (TPSA) is 85.3 Å². The average Bonchev–Trinajstić information content (AvgIpc) is 3.47. The van der Waals surface area contributed by atoms with Crippen LogP contribution < -0.4 is 4.74 Å². The molecule has 1 atom stereocenters. The smallest absolute Gasteiger partial charge is 0.387 e. The molecule has 0 saturated carbocycles. The molecule has 5 rings (SSSR count). The van der Waals surface area contributed by atoms with Gasteiger partial charge in [0.15, 0.2) is 0 Å². The molecule has 0 unspecified atom stereocenters. The minimum absolute atomic E-state index is 0.0432. The van der Waals surface area contributed by atoms with Gasteiger partial charge in [0.25, 0.3) is 5.91 Å². The Hall–Kier alpha value is -3.79. The molecular weight excluding hydrogens is 432 g/mol. The highest BCUT2D eigenvalue weighted by molar-refractivity contribution is 6.06. The molecule has 1 N–H and O–H groups in total. The SMILES string of the molecule is Cn1cc(C(=O)N2CCOC[C@@H]2c2cccc(OC(F)F)c2)c2ccc(-c3cn[nH]c3)nc21. The van der Waals surface area contributed by atoms with E-state index in [0.29, 0.717) is 29.9 Å². The minimum Gasteiger partial charge on any atom is -0.435 e.